The second-order valence-corrected chi connectivity index (χ2v) is 4.89. The molecule has 92 valence electrons. The highest BCUT2D eigenvalue weighted by Crippen LogP contribution is 2.29. The molecule has 1 aliphatic rings. The van der Waals surface area contributed by atoms with Crippen molar-refractivity contribution in [3.05, 3.63) is 35.0 Å². The molecule has 2 nitrogen and oxygen atoms in total. The number of aromatic nitrogens is 1. The van der Waals surface area contributed by atoms with Crippen molar-refractivity contribution >= 4 is 10.9 Å². The van der Waals surface area contributed by atoms with Crippen LogP contribution in [0.15, 0.2) is 18.2 Å². The molecule has 2 aromatic rings. The standard InChI is InChI=1S/C16H18N2/c17-10-4-3-5-12-8-9-16-14(11-12)13-6-1-2-7-15(13)18-16/h8-9,11,18H,1-2,4,6-7,10,17H2. The molecule has 0 saturated heterocycles. The Balaban J connectivity index is 2.03. The lowest BCUT2D eigenvalue weighted by atomic mass is 9.95. The van der Waals surface area contributed by atoms with Gasteiger partial charge in [-0.1, -0.05) is 11.8 Å². The van der Waals surface area contributed by atoms with E-state index in [0.717, 1.165) is 12.0 Å². The van der Waals surface area contributed by atoms with Gasteiger partial charge in [-0.25, -0.2) is 0 Å². The van der Waals surface area contributed by atoms with Gasteiger partial charge in [-0.15, -0.1) is 0 Å². The molecule has 18 heavy (non-hydrogen) atoms. The number of nitrogens with one attached hydrogen (secondary N) is 1. The van der Waals surface area contributed by atoms with Crippen molar-refractivity contribution in [2.24, 2.45) is 5.73 Å². The second kappa shape index (κ2) is 4.88. The van der Waals surface area contributed by atoms with E-state index in [9.17, 15) is 0 Å². The van der Waals surface area contributed by atoms with Gasteiger partial charge in [0.25, 0.3) is 0 Å². The average Bonchev–Trinajstić information content (AvgIpc) is 2.77. The molecular weight excluding hydrogens is 220 g/mol. The van der Waals surface area contributed by atoms with Crippen LogP contribution in [-0.2, 0) is 12.8 Å². The third kappa shape index (κ3) is 2.02. The van der Waals surface area contributed by atoms with Gasteiger partial charge >= 0.3 is 0 Å². The summed E-state index contributed by atoms with van der Waals surface area (Å²) in [6, 6.07) is 6.47. The molecule has 1 aromatic heterocycles. The Bertz CT molecular complexity index is 626. The molecule has 0 fully saturated rings. The highest BCUT2D eigenvalue weighted by Gasteiger charge is 2.14. The normalized spacial score (nSPS) is 14.1. The molecule has 3 rings (SSSR count). The third-order valence-corrected chi connectivity index (χ3v) is 3.60. The van der Waals surface area contributed by atoms with E-state index in [2.05, 4.69) is 35.0 Å². The highest BCUT2D eigenvalue weighted by molar-refractivity contribution is 5.86. The third-order valence-electron chi connectivity index (χ3n) is 3.60. The molecule has 1 aliphatic carbocycles. The topological polar surface area (TPSA) is 41.8 Å². The van der Waals surface area contributed by atoms with Gasteiger partial charge in [-0.2, -0.15) is 0 Å². The van der Waals surface area contributed by atoms with Crippen molar-refractivity contribution in [2.45, 2.75) is 32.1 Å². The predicted octanol–water partition coefficient (Wildman–Crippen LogP) is 2.75. The lowest BCUT2D eigenvalue weighted by Crippen LogP contribution is -1.99. The van der Waals surface area contributed by atoms with Crippen molar-refractivity contribution in [1.29, 1.82) is 0 Å². The van der Waals surface area contributed by atoms with E-state index in [4.69, 9.17) is 5.73 Å². The van der Waals surface area contributed by atoms with Gasteiger partial charge in [0.15, 0.2) is 0 Å². The molecule has 1 aromatic carbocycles. The molecule has 0 aliphatic heterocycles. The first-order valence-electron chi connectivity index (χ1n) is 6.71. The summed E-state index contributed by atoms with van der Waals surface area (Å²) < 4.78 is 0. The van der Waals surface area contributed by atoms with Gasteiger partial charge in [-0.3, -0.25) is 0 Å². The zero-order valence-corrected chi connectivity index (χ0v) is 10.6. The van der Waals surface area contributed by atoms with Crippen molar-refractivity contribution in [1.82, 2.24) is 4.98 Å². The Hall–Kier alpha value is -1.72. The van der Waals surface area contributed by atoms with Crippen LogP contribution in [0.1, 0.15) is 36.1 Å². The Kier molecular flexibility index (Phi) is 3.08. The van der Waals surface area contributed by atoms with Crippen molar-refractivity contribution < 1.29 is 0 Å². The summed E-state index contributed by atoms with van der Waals surface area (Å²) >= 11 is 0. The summed E-state index contributed by atoms with van der Waals surface area (Å²) in [6.45, 7) is 0.634. The van der Waals surface area contributed by atoms with E-state index in [0.29, 0.717) is 6.54 Å². The largest absolute Gasteiger partial charge is 0.358 e. The number of H-pyrrole nitrogens is 1. The Morgan fingerprint density at radius 3 is 3.00 bits per heavy atom. The van der Waals surface area contributed by atoms with Crippen LogP contribution in [-0.4, -0.2) is 11.5 Å². The second-order valence-electron chi connectivity index (χ2n) is 4.89. The van der Waals surface area contributed by atoms with Gasteiger partial charge in [0.2, 0.25) is 0 Å². The monoisotopic (exact) mass is 238 g/mol. The number of hydrogen-bond acceptors (Lipinski definition) is 1. The van der Waals surface area contributed by atoms with E-state index < -0.39 is 0 Å². The number of fused-ring (bicyclic) bond motifs is 3. The molecule has 0 amide bonds. The quantitative estimate of drug-likeness (QED) is 0.737. The smallest absolute Gasteiger partial charge is 0.0459 e. The summed E-state index contributed by atoms with van der Waals surface area (Å²) in [7, 11) is 0. The number of rotatable bonds is 1. The van der Waals surface area contributed by atoms with Crippen LogP contribution in [0.4, 0.5) is 0 Å². The van der Waals surface area contributed by atoms with Crippen LogP contribution >= 0.6 is 0 Å². The molecule has 0 saturated carbocycles. The minimum Gasteiger partial charge on any atom is -0.358 e. The molecule has 0 unspecified atom stereocenters. The first kappa shape index (κ1) is 11.4. The van der Waals surface area contributed by atoms with Crippen LogP contribution in [0, 0.1) is 11.8 Å². The summed E-state index contributed by atoms with van der Waals surface area (Å²) in [5, 5.41) is 1.37. The van der Waals surface area contributed by atoms with E-state index >= 15 is 0 Å². The van der Waals surface area contributed by atoms with E-state index in [1.165, 1.54) is 47.8 Å². The number of aromatic amines is 1. The molecule has 0 spiro atoms. The molecule has 3 N–H and O–H groups in total. The summed E-state index contributed by atoms with van der Waals surface area (Å²) in [4.78, 5) is 3.54. The van der Waals surface area contributed by atoms with Crippen LogP contribution < -0.4 is 5.73 Å². The predicted molar refractivity (Wildman–Crippen MR) is 75.5 cm³/mol. The van der Waals surface area contributed by atoms with E-state index in [1.54, 1.807) is 0 Å². The Morgan fingerprint density at radius 1 is 1.22 bits per heavy atom. The minimum atomic E-state index is 0.634. The lowest BCUT2D eigenvalue weighted by molar-refractivity contribution is 0.680. The molecule has 0 radical (unpaired) electrons. The fourth-order valence-electron chi connectivity index (χ4n) is 2.72. The molecular formula is C16H18N2. The van der Waals surface area contributed by atoms with Crippen LogP contribution in [0.25, 0.3) is 10.9 Å². The summed E-state index contributed by atoms with van der Waals surface area (Å²) in [6.07, 6.45) is 5.78. The highest BCUT2D eigenvalue weighted by atomic mass is 14.7. The maximum atomic E-state index is 5.45. The van der Waals surface area contributed by atoms with Crippen LogP contribution in [0.5, 0.6) is 0 Å². The summed E-state index contributed by atoms with van der Waals surface area (Å²) in [5.74, 6) is 6.29. The van der Waals surface area contributed by atoms with Crippen molar-refractivity contribution in [3.8, 4) is 11.8 Å². The van der Waals surface area contributed by atoms with Gasteiger partial charge in [0.05, 0.1) is 0 Å². The summed E-state index contributed by atoms with van der Waals surface area (Å²) in [5.41, 5.74) is 10.8. The maximum absolute atomic E-state index is 5.45. The first-order chi connectivity index (χ1) is 8.88. The fraction of sp³-hybridized carbons (Fsp3) is 0.375. The number of hydrogen-bond donors (Lipinski definition) is 2. The first-order valence-corrected chi connectivity index (χ1v) is 6.71. The fourth-order valence-corrected chi connectivity index (χ4v) is 2.72. The van der Waals surface area contributed by atoms with Gasteiger partial charge < -0.3 is 10.7 Å². The van der Waals surface area contributed by atoms with E-state index in [1.807, 2.05) is 0 Å². The van der Waals surface area contributed by atoms with E-state index in [-0.39, 0.29) is 0 Å². The zero-order valence-electron chi connectivity index (χ0n) is 10.6. The molecule has 0 bridgehead atoms. The Morgan fingerprint density at radius 2 is 2.11 bits per heavy atom. The number of nitrogens with two attached hydrogens (primary N) is 1. The van der Waals surface area contributed by atoms with Gasteiger partial charge in [0.1, 0.15) is 0 Å². The van der Waals surface area contributed by atoms with Crippen LogP contribution in [0.2, 0.25) is 0 Å². The maximum Gasteiger partial charge on any atom is 0.0459 e. The molecule has 2 heteroatoms. The van der Waals surface area contributed by atoms with Crippen LogP contribution in [0.3, 0.4) is 0 Å². The van der Waals surface area contributed by atoms with Gasteiger partial charge in [-0.05, 0) is 49.4 Å². The minimum absolute atomic E-state index is 0.634. The zero-order chi connectivity index (χ0) is 12.4. The SMILES string of the molecule is NCCC#Cc1ccc2[nH]c3c(c2c1)CCCC3. The number of aryl methyl sites for hydroxylation is 2. The lowest BCUT2D eigenvalue weighted by Gasteiger charge is -2.10. The van der Waals surface area contributed by atoms with Crippen molar-refractivity contribution in [3.63, 3.8) is 0 Å². The molecule has 1 heterocycles. The van der Waals surface area contributed by atoms with Crippen molar-refractivity contribution in [2.75, 3.05) is 6.54 Å². The number of benzene rings is 1. The Labute approximate surface area is 108 Å². The molecule has 0 atom stereocenters. The van der Waals surface area contributed by atoms with Gasteiger partial charge in [0, 0.05) is 35.1 Å². The average molecular weight is 238 g/mol.